The van der Waals surface area contributed by atoms with E-state index in [9.17, 15) is 8.78 Å². The van der Waals surface area contributed by atoms with Crippen molar-refractivity contribution in [3.8, 4) is 22.3 Å². The highest BCUT2D eigenvalue weighted by Crippen LogP contribution is 2.36. The van der Waals surface area contributed by atoms with Gasteiger partial charge in [0.05, 0.1) is 12.7 Å². The van der Waals surface area contributed by atoms with Gasteiger partial charge < -0.3 is 4.74 Å². The monoisotopic (exact) mass is 552 g/mol. The van der Waals surface area contributed by atoms with Crippen molar-refractivity contribution in [2.24, 2.45) is 5.92 Å². The van der Waals surface area contributed by atoms with E-state index in [0.29, 0.717) is 42.1 Å². The minimum absolute atomic E-state index is 0.118. The Hall–Kier alpha value is -2.92. The first-order valence-corrected chi connectivity index (χ1v) is 14.7. The molecule has 0 N–H and O–H groups in total. The minimum Gasteiger partial charge on any atom is -0.373 e. The lowest BCUT2D eigenvalue weighted by Gasteiger charge is -2.28. The second-order valence-corrected chi connectivity index (χ2v) is 10.9. The van der Waals surface area contributed by atoms with Crippen LogP contribution in [-0.2, 0) is 11.2 Å². The molecule has 1 fully saturated rings. The summed E-state index contributed by atoms with van der Waals surface area (Å²) in [6.07, 6.45) is 13.4. The number of rotatable bonds is 12. The zero-order valence-electron chi connectivity index (χ0n) is 23.6. The van der Waals surface area contributed by atoms with Crippen molar-refractivity contribution in [1.29, 1.82) is 0 Å². The molecule has 3 aromatic carbocycles. The summed E-state index contributed by atoms with van der Waals surface area (Å²) in [5.41, 5.74) is 1.83. The van der Waals surface area contributed by atoms with Crippen LogP contribution < -0.4 is 0 Å². The second kappa shape index (κ2) is 14.6. The van der Waals surface area contributed by atoms with E-state index < -0.39 is 29.4 Å². The van der Waals surface area contributed by atoms with Crippen molar-refractivity contribution in [3.63, 3.8) is 0 Å². The highest BCUT2D eigenvalue weighted by molar-refractivity contribution is 5.71. The number of ether oxygens (including phenoxy) is 1. The molecule has 4 rings (SSSR count). The van der Waals surface area contributed by atoms with Gasteiger partial charge in [0, 0.05) is 22.6 Å². The summed E-state index contributed by atoms with van der Waals surface area (Å²) in [7, 11) is 0. The number of benzene rings is 3. The van der Waals surface area contributed by atoms with Gasteiger partial charge in [-0.15, -0.1) is 0 Å². The number of hydrogen-bond donors (Lipinski definition) is 0. The quantitative estimate of drug-likeness (QED) is 0.123. The van der Waals surface area contributed by atoms with Crippen LogP contribution in [-0.4, -0.2) is 6.61 Å². The standard InChI is InChI=1S/C35H40F4O/c1-3-5-6-7-8-9-10-12-27-18-19-28(33(37)32(27)36)25-14-16-26(17-15-25)29-20-21-30(35(39)34(29)38)31-22-13-24(11-4-2)23-40-31/h4,11,14-21,24,31H,3,5-10,12-13,22-23H2,1-2H3. The third-order valence-electron chi connectivity index (χ3n) is 7.95. The van der Waals surface area contributed by atoms with Crippen LogP contribution in [0.15, 0.2) is 60.7 Å². The van der Waals surface area contributed by atoms with Gasteiger partial charge in [-0.05, 0) is 49.3 Å². The lowest BCUT2D eigenvalue weighted by molar-refractivity contribution is -0.00743. The Bertz CT molecular complexity index is 1270. The minimum atomic E-state index is -0.934. The molecule has 2 unspecified atom stereocenters. The molecule has 0 amide bonds. The average molecular weight is 553 g/mol. The van der Waals surface area contributed by atoms with Gasteiger partial charge in [0.15, 0.2) is 23.3 Å². The van der Waals surface area contributed by atoms with E-state index >= 15 is 8.78 Å². The van der Waals surface area contributed by atoms with Crippen molar-refractivity contribution in [3.05, 3.63) is 95.1 Å². The van der Waals surface area contributed by atoms with Gasteiger partial charge in [0.1, 0.15) is 0 Å². The molecule has 1 aliphatic rings. The van der Waals surface area contributed by atoms with Crippen molar-refractivity contribution in [1.82, 2.24) is 0 Å². The summed E-state index contributed by atoms with van der Waals surface area (Å²) in [5, 5.41) is 0. The molecule has 40 heavy (non-hydrogen) atoms. The Balaban J connectivity index is 1.42. The van der Waals surface area contributed by atoms with Crippen molar-refractivity contribution < 1.29 is 22.3 Å². The molecule has 0 aliphatic carbocycles. The fourth-order valence-electron chi connectivity index (χ4n) is 5.58. The molecule has 0 saturated carbocycles. The van der Waals surface area contributed by atoms with E-state index in [4.69, 9.17) is 4.74 Å². The van der Waals surface area contributed by atoms with Gasteiger partial charge in [-0.2, -0.15) is 0 Å². The molecule has 0 bridgehead atoms. The predicted octanol–water partition coefficient (Wildman–Crippen LogP) is 10.9. The molecule has 2 atom stereocenters. The van der Waals surface area contributed by atoms with E-state index in [0.717, 1.165) is 25.7 Å². The zero-order valence-corrected chi connectivity index (χ0v) is 23.6. The van der Waals surface area contributed by atoms with Crippen LogP contribution in [0.3, 0.4) is 0 Å². The third kappa shape index (κ3) is 7.23. The van der Waals surface area contributed by atoms with Crippen LogP contribution in [0.2, 0.25) is 0 Å². The molecule has 1 nitrogen and oxygen atoms in total. The summed E-state index contributed by atoms with van der Waals surface area (Å²) in [6, 6.07) is 12.8. The van der Waals surface area contributed by atoms with E-state index in [2.05, 4.69) is 13.0 Å². The van der Waals surface area contributed by atoms with Crippen molar-refractivity contribution in [2.45, 2.75) is 84.2 Å². The molecule has 5 heteroatoms. The molecule has 214 valence electrons. The number of hydrogen-bond acceptors (Lipinski definition) is 1. The number of halogens is 4. The highest BCUT2D eigenvalue weighted by Gasteiger charge is 2.26. The Kier molecular flexibility index (Phi) is 11.0. The van der Waals surface area contributed by atoms with Gasteiger partial charge in [-0.1, -0.05) is 106 Å². The number of aryl methyl sites for hydroxylation is 1. The summed E-state index contributed by atoms with van der Waals surface area (Å²) < 4.78 is 65.9. The zero-order chi connectivity index (χ0) is 28.5. The smallest absolute Gasteiger partial charge is 0.167 e. The maximum absolute atomic E-state index is 15.1. The summed E-state index contributed by atoms with van der Waals surface area (Å²) in [6.45, 7) is 4.62. The van der Waals surface area contributed by atoms with Crippen molar-refractivity contribution >= 4 is 0 Å². The lowest BCUT2D eigenvalue weighted by Crippen LogP contribution is -2.20. The third-order valence-corrected chi connectivity index (χ3v) is 7.95. The first-order chi connectivity index (χ1) is 19.4. The summed E-state index contributed by atoms with van der Waals surface area (Å²) >= 11 is 0. The second-order valence-electron chi connectivity index (χ2n) is 10.9. The van der Waals surface area contributed by atoms with Crippen LogP contribution in [0.5, 0.6) is 0 Å². The van der Waals surface area contributed by atoms with E-state index in [1.165, 1.54) is 25.7 Å². The molecular weight excluding hydrogens is 512 g/mol. The maximum Gasteiger partial charge on any atom is 0.167 e. The molecular formula is C35H40F4O. The van der Waals surface area contributed by atoms with Gasteiger partial charge in [-0.25, -0.2) is 17.6 Å². The summed E-state index contributed by atoms with van der Waals surface area (Å²) in [4.78, 5) is 0. The molecule has 1 aliphatic heterocycles. The molecule has 1 saturated heterocycles. The Labute approximate surface area is 236 Å². The molecule has 1 heterocycles. The fourth-order valence-corrected chi connectivity index (χ4v) is 5.58. The van der Waals surface area contributed by atoms with E-state index in [1.54, 1.807) is 48.5 Å². The van der Waals surface area contributed by atoms with E-state index in [-0.39, 0.29) is 16.7 Å². The first kappa shape index (κ1) is 30.0. The SMILES string of the molecule is CC=CC1CCC(c2ccc(-c3ccc(-c4ccc(CCCCCCCCC)c(F)c4F)cc3)c(F)c2F)OC1. The molecule has 0 spiro atoms. The van der Waals surface area contributed by atoms with Crippen molar-refractivity contribution in [2.75, 3.05) is 6.61 Å². The molecule has 0 aromatic heterocycles. The predicted molar refractivity (Wildman–Crippen MR) is 155 cm³/mol. The van der Waals surface area contributed by atoms with Gasteiger partial charge in [-0.3, -0.25) is 0 Å². The Morgan fingerprint density at radius 2 is 1.30 bits per heavy atom. The highest BCUT2D eigenvalue weighted by atomic mass is 19.2. The normalized spacial score (nSPS) is 17.6. The Morgan fingerprint density at radius 3 is 1.90 bits per heavy atom. The van der Waals surface area contributed by atoms with Gasteiger partial charge in [0.25, 0.3) is 0 Å². The number of unbranched alkanes of at least 4 members (excludes halogenated alkanes) is 6. The van der Waals surface area contributed by atoms with Gasteiger partial charge in [0.2, 0.25) is 0 Å². The largest absolute Gasteiger partial charge is 0.373 e. The fraction of sp³-hybridized carbons (Fsp3) is 0.429. The van der Waals surface area contributed by atoms with E-state index in [1.807, 2.05) is 13.0 Å². The number of allylic oxidation sites excluding steroid dienone is 1. The maximum atomic E-state index is 15.1. The van der Waals surface area contributed by atoms with Crippen LogP contribution in [0.25, 0.3) is 22.3 Å². The van der Waals surface area contributed by atoms with Crippen LogP contribution in [0, 0.1) is 29.2 Å². The average Bonchev–Trinajstić information content (AvgIpc) is 2.97. The topological polar surface area (TPSA) is 9.23 Å². The lowest BCUT2D eigenvalue weighted by atomic mass is 9.92. The first-order valence-electron chi connectivity index (χ1n) is 14.7. The molecule has 3 aromatic rings. The van der Waals surface area contributed by atoms with Gasteiger partial charge >= 0.3 is 0 Å². The van der Waals surface area contributed by atoms with Crippen LogP contribution in [0.4, 0.5) is 17.6 Å². The van der Waals surface area contributed by atoms with Crippen LogP contribution >= 0.6 is 0 Å². The van der Waals surface area contributed by atoms with Crippen LogP contribution in [0.1, 0.15) is 88.9 Å². The summed E-state index contributed by atoms with van der Waals surface area (Å²) in [5.74, 6) is -3.22. The Morgan fingerprint density at radius 1 is 0.700 bits per heavy atom. The molecule has 0 radical (unpaired) electrons.